The van der Waals surface area contributed by atoms with Crippen LogP contribution in [-0.2, 0) is 16.2 Å². The summed E-state index contributed by atoms with van der Waals surface area (Å²) in [5, 5.41) is 4.91. The first-order valence-corrected chi connectivity index (χ1v) is 17.5. The summed E-state index contributed by atoms with van der Waals surface area (Å²) in [7, 11) is 2.15. The molecule has 5 aromatic carbocycles. The Morgan fingerprint density at radius 3 is 1.68 bits per heavy atom. The molecular weight excluding hydrogens is 613 g/mol. The molecule has 0 saturated heterocycles. The third-order valence-corrected chi connectivity index (χ3v) is 10.4. The molecule has 0 unspecified atom stereocenters. The molecule has 0 N–H and O–H groups in total. The topological polar surface area (TPSA) is 33.5 Å². The average Bonchev–Trinajstić information content (AvgIpc) is 3.75. The summed E-state index contributed by atoms with van der Waals surface area (Å²) in [6.07, 6.45) is 4.15. The molecule has 2 heterocycles. The van der Waals surface area contributed by atoms with Crippen LogP contribution in [0.15, 0.2) is 134 Å². The number of hydrogen-bond donors (Lipinski definition) is 0. The maximum Gasteiger partial charge on any atom is 0.129 e. The zero-order valence-electron chi connectivity index (χ0n) is 30.6. The van der Waals surface area contributed by atoms with E-state index in [0.29, 0.717) is 0 Å². The van der Waals surface area contributed by atoms with E-state index in [2.05, 4.69) is 193 Å². The highest BCUT2D eigenvalue weighted by Gasteiger charge is 2.29. The molecule has 0 spiro atoms. The summed E-state index contributed by atoms with van der Waals surface area (Å²) >= 11 is 0. The van der Waals surface area contributed by atoms with Gasteiger partial charge in [-0.15, -0.1) is 0 Å². The van der Waals surface area contributed by atoms with Crippen molar-refractivity contribution in [1.82, 2.24) is 9.78 Å². The Bertz CT molecular complexity index is 2120. The molecule has 0 aliphatic carbocycles. The second-order valence-corrected chi connectivity index (χ2v) is 15.7. The Morgan fingerprint density at radius 1 is 0.540 bits per heavy atom. The minimum absolute atomic E-state index is 0.0708. The Labute approximate surface area is 297 Å². The molecular formula is C45H48N4O. The van der Waals surface area contributed by atoms with Crippen LogP contribution in [0.2, 0.25) is 0 Å². The van der Waals surface area contributed by atoms with Gasteiger partial charge in [-0.1, -0.05) is 121 Å². The molecule has 5 nitrogen and oxygen atoms in total. The maximum absolute atomic E-state index is 6.93. The number of hydrogen-bond acceptors (Lipinski definition) is 4. The number of benzene rings is 5. The van der Waals surface area contributed by atoms with Crippen LogP contribution < -0.4 is 14.5 Å². The molecule has 0 amide bonds. The monoisotopic (exact) mass is 660 g/mol. The average molecular weight is 661 g/mol. The van der Waals surface area contributed by atoms with Crippen LogP contribution in [0, 0.1) is 0 Å². The lowest BCUT2D eigenvalue weighted by atomic mass is 9.78. The van der Waals surface area contributed by atoms with Crippen molar-refractivity contribution in [3.05, 3.63) is 162 Å². The van der Waals surface area contributed by atoms with Gasteiger partial charge < -0.3 is 14.5 Å². The van der Waals surface area contributed by atoms with Crippen LogP contribution in [-0.4, -0.2) is 23.5 Å². The van der Waals surface area contributed by atoms with Crippen molar-refractivity contribution in [2.45, 2.75) is 64.7 Å². The van der Waals surface area contributed by atoms with E-state index < -0.39 is 0 Å². The number of rotatable bonds is 8. The molecule has 6 aromatic rings. The van der Waals surface area contributed by atoms with Crippen LogP contribution in [0.3, 0.4) is 0 Å². The van der Waals surface area contributed by atoms with E-state index in [1.807, 2.05) is 10.9 Å². The summed E-state index contributed by atoms with van der Waals surface area (Å²) in [6.45, 7) is 16.6. The van der Waals surface area contributed by atoms with Crippen LogP contribution in [0.5, 0.6) is 11.5 Å². The number of aromatic nitrogens is 2. The zero-order chi connectivity index (χ0) is 35.3. The molecule has 0 fully saturated rings. The van der Waals surface area contributed by atoms with E-state index in [4.69, 9.17) is 9.84 Å². The van der Waals surface area contributed by atoms with Gasteiger partial charge in [-0.05, 0) is 64.1 Å². The van der Waals surface area contributed by atoms with E-state index in [0.717, 1.165) is 40.7 Å². The van der Waals surface area contributed by atoms with Crippen molar-refractivity contribution in [2.24, 2.45) is 0 Å². The lowest BCUT2D eigenvalue weighted by molar-refractivity contribution is 0.475. The summed E-state index contributed by atoms with van der Waals surface area (Å²) in [4.78, 5) is 4.66. The molecule has 5 heteroatoms. The van der Waals surface area contributed by atoms with Gasteiger partial charge in [0.15, 0.2) is 0 Å². The maximum atomic E-state index is 6.93. The van der Waals surface area contributed by atoms with Crippen molar-refractivity contribution in [1.29, 1.82) is 0 Å². The van der Waals surface area contributed by atoms with Crippen molar-refractivity contribution in [2.75, 3.05) is 23.5 Å². The van der Waals surface area contributed by atoms with Gasteiger partial charge in [-0.3, -0.25) is 0 Å². The standard InChI is InChI=1S/C45H48N4O/c1-43(2,3)34-23-37(48-31-47(8)41-21-15-16-22-42(41)48)27-39(25-34)50-40-26-35(44(4,5)32-17-11-9-12-18-32)24-38(28-40)49-30-36(29-46-49)45(6,7)33-19-13-10-14-20-33/h9-30H,31H2,1-8H3. The van der Waals surface area contributed by atoms with Crippen molar-refractivity contribution >= 4 is 17.1 Å². The third-order valence-electron chi connectivity index (χ3n) is 10.4. The van der Waals surface area contributed by atoms with Gasteiger partial charge in [-0.25, -0.2) is 4.68 Å². The molecule has 1 aromatic heterocycles. The van der Waals surface area contributed by atoms with Crippen LogP contribution >= 0.6 is 0 Å². The minimum Gasteiger partial charge on any atom is -0.457 e. The summed E-state index contributed by atoms with van der Waals surface area (Å²) < 4.78 is 8.92. The predicted molar refractivity (Wildman–Crippen MR) is 208 cm³/mol. The van der Waals surface area contributed by atoms with Gasteiger partial charge in [0.05, 0.1) is 29.9 Å². The molecule has 7 rings (SSSR count). The van der Waals surface area contributed by atoms with Gasteiger partial charge in [0.25, 0.3) is 0 Å². The number of para-hydroxylation sites is 2. The van der Waals surface area contributed by atoms with Crippen LogP contribution in [0.1, 0.15) is 76.3 Å². The van der Waals surface area contributed by atoms with Gasteiger partial charge in [0, 0.05) is 47.5 Å². The first kappa shape index (κ1) is 33.2. The Morgan fingerprint density at radius 2 is 1.06 bits per heavy atom. The second-order valence-electron chi connectivity index (χ2n) is 15.7. The lowest BCUT2D eigenvalue weighted by Gasteiger charge is -2.28. The molecule has 0 saturated carbocycles. The van der Waals surface area contributed by atoms with E-state index in [1.165, 1.54) is 28.1 Å². The second kappa shape index (κ2) is 12.5. The van der Waals surface area contributed by atoms with Crippen molar-refractivity contribution < 1.29 is 4.74 Å². The quantitative estimate of drug-likeness (QED) is 0.163. The SMILES string of the molecule is CN1CN(c2cc(Oc3cc(-n4cc(C(C)(C)c5ccccc5)cn4)cc(C(C)(C)c4ccccc4)c3)cc(C(C)(C)C)c2)c2ccccc21. The highest BCUT2D eigenvalue weighted by atomic mass is 16.5. The largest absolute Gasteiger partial charge is 0.457 e. The Hall–Kier alpha value is -5.29. The molecule has 1 aliphatic heterocycles. The molecule has 0 bridgehead atoms. The van der Waals surface area contributed by atoms with E-state index in [1.54, 1.807) is 0 Å². The fraction of sp³-hybridized carbons (Fsp3) is 0.267. The highest BCUT2D eigenvalue weighted by molar-refractivity contribution is 5.82. The van der Waals surface area contributed by atoms with Crippen molar-refractivity contribution in [3.63, 3.8) is 0 Å². The number of ether oxygens (including phenoxy) is 1. The Kier molecular flexibility index (Phi) is 8.34. The van der Waals surface area contributed by atoms with E-state index in [9.17, 15) is 0 Å². The highest BCUT2D eigenvalue weighted by Crippen LogP contribution is 2.43. The van der Waals surface area contributed by atoms with Crippen LogP contribution in [0.4, 0.5) is 17.1 Å². The van der Waals surface area contributed by atoms with Gasteiger partial charge in [0.2, 0.25) is 0 Å². The first-order chi connectivity index (χ1) is 23.8. The van der Waals surface area contributed by atoms with Gasteiger partial charge in [-0.2, -0.15) is 5.10 Å². The van der Waals surface area contributed by atoms with E-state index in [-0.39, 0.29) is 16.2 Å². The predicted octanol–water partition coefficient (Wildman–Crippen LogP) is 11.2. The van der Waals surface area contributed by atoms with Crippen molar-refractivity contribution in [3.8, 4) is 17.2 Å². The molecule has 1 aliphatic rings. The summed E-state index contributed by atoms with van der Waals surface area (Å²) in [5.74, 6) is 1.59. The number of anilines is 3. The number of nitrogens with zero attached hydrogens (tertiary/aromatic N) is 4. The fourth-order valence-electron chi connectivity index (χ4n) is 6.93. The fourth-order valence-corrected chi connectivity index (χ4v) is 6.93. The molecule has 0 atom stereocenters. The molecule has 50 heavy (non-hydrogen) atoms. The molecule has 0 radical (unpaired) electrons. The van der Waals surface area contributed by atoms with E-state index >= 15 is 0 Å². The minimum atomic E-state index is -0.281. The normalized spacial score (nSPS) is 13.4. The number of fused-ring (bicyclic) bond motifs is 1. The lowest BCUT2D eigenvalue weighted by Crippen LogP contribution is -2.24. The third kappa shape index (κ3) is 6.29. The van der Waals surface area contributed by atoms with Crippen LogP contribution in [0.25, 0.3) is 5.69 Å². The smallest absolute Gasteiger partial charge is 0.129 e. The Balaban J connectivity index is 1.32. The summed E-state index contributed by atoms with van der Waals surface area (Å²) in [5.41, 5.74) is 9.96. The van der Waals surface area contributed by atoms with Gasteiger partial charge >= 0.3 is 0 Å². The zero-order valence-corrected chi connectivity index (χ0v) is 30.6. The first-order valence-electron chi connectivity index (χ1n) is 17.5. The van der Waals surface area contributed by atoms with Gasteiger partial charge in [0.1, 0.15) is 11.5 Å². The summed E-state index contributed by atoms with van der Waals surface area (Å²) in [6, 6.07) is 43.1. The molecule has 254 valence electrons.